The Morgan fingerprint density at radius 1 is 0.921 bits per heavy atom. The molecule has 18 nitrogen and oxygen atoms in total. The number of hydrogen-bond acceptors (Lipinski definition) is 9. The predicted molar refractivity (Wildman–Crippen MR) is 130 cm³/mol. The van der Waals surface area contributed by atoms with Crippen LogP contribution in [0.5, 0.6) is 0 Å². The lowest BCUT2D eigenvalue weighted by atomic mass is 10.1. The minimum atomic E-state index is -1.69. The average Bonchev–Trinajstić information content (AvgIpc) is 3.32. The maximum absolute atomic E-state index is 13.0. The van der Waals surface area contributed by atoms with Gasteiger partial charge in [-0.3, -0.25) is 29.0 Å². The molecule has 0 aliphatic carbocycles. The first kappa shape index (κ1) is 31.3. The second-order valence-electron chi connectivity index (χ2n) is 8.13. The second-order valence-corrected chi connectivity index (χ2v) is 8.13. The van der Waals surface area contributed by atoms with Gasteiger partial charge in [0, 0.05) is 24.9 Å². The average molecular weight is 541 g/mol. The summed E-state index contributed by atoms with van der Waals surface area (Å²) in [5.74, 6) is -6.93. The molecule has 1 aromatic rings. The standard InChI is InChI=1S/C20H32N10O8/c21-10(5-14(22)31)16(34)29-12(6-15(32)33)18(36)28-11(2-1-3-26-20(23)24)17(35)30-13(19(37)38)4-9-7-25-8-27-9/h7-8,10-13H,1-6,21H2,(H2,22,31)(H,25,27)(H,28,36)(H,29,34)(H,30,35)(H,32,33)(H,37,38)(H4,23,24,26). The van der Waals surface area contributed by atoms with Crippen LogP contribution in [0.15, 0.2) is 17.5 Å². The first-order valence-corrected chi connectivity index (χ1v) is 11.2. The van der Waals surface area contributed by atoms with E-state index >= 15 is 0 Å². The molecule has 38 heavy (non-hydrogen) atoms. The van der Waals surface area contributed by atoms with Gasteiger partial charge >= 0.3 is 11.9 Å². The van der Waals surface area contributed by atoms with Gasteiger partial charge in [-0.15, -0.1) is 0 Å². The molecule has 0 aromatic carbocycles. The fourth-order valence-electron chi connectivity index (χ4n) is 3.11. The van der Waals surface area contributed by atoms with Crippen LogP contribution < -0.4 is 38.9 Å². The molecule has 1 heterocycles. The molecule has 210 valence electrons. The minimum absolute atomic E-state index is 0.0652. The SMILES string of the molecule is NC(=O)CC(N)C(=O)NC(CC(=O)O)C(=O)NC(CCCN=C(N)N)C(=O)NC(Cc1cnc[nH]1)C(=O)O. The van der Waals surface area contributed by atoms with E-state index in [0.717, 1.165) is 0 Å². The van der Waals surface area contributed by atoms with Gasteiger partial charge in [-0.1, -0.05) is 0 Å². The monoisotopic (exact) mass is 540 g/mol. The van der Waals surface area contributed by atoms with Crippen LogP contribution in [0.4, 0.5) is 0 Å². The van der Waals surface area contributed by atoms with E-state index in [9.17, 15) is 39.0 Å². The normalized spacial score (nSPS) is 13.7. The topological polar surface area (TPSA) is 324 Å². The molecule has 1 aromatic heterocycles. The number of guanidine groups is 1. The fourth-order valence-corrected chi connectivity index (χ4v) is 3.11. The number of H-pyrrole nitrogens is 1. The molecule has 4 unspecified atom stereocenters. The van der Waals surface area contributed by atoms with Crippen LogP contribution in [0.1, 0.15) is 31.4 Å². The molecule has 0 spiro atoms. The van der Waals surface area contributed by atoms with Crippen molar-refractivity contribution in [3.8, 4) is 0 Å². The molecule has 1 rings (SSSR count). The van der Waals surface area contributed by atoms with Crippen molar-refractivity contribution >= 4 is 41.5 Å². The van der Waals surface area contributed by atoms with Gasteiger partial charge in [0.15, 0.2) is 5.96 Å². The van der Waals surface area contributed by atoms with Crippen molar-refractivity contribution in [2.45, 2.75) is 56.3 Å². The summed E-state index contributed by atoms with van der Waals surface area (Å²) in [5.41, 5.74) is 21.5. The van der Waals surface area contributed by atoms with Crippen LogP contribution in [0, 0.1) is 0 Å². The Hall–Kier alpha value is -4.74. The van der Waals surface area contributed by atoms with E-state index in [4.69, 9.17) is 22.9 Å². The van der Waals surface area contributed by atoms with E-state index in [0.29, 0.717) is 5.69 Å². The van der Waals surface area contributed by atoms with Gasteiger partial charge in [-0.05, 0) is 12.8 Å². The Morgan fingerprint density at radius 3 is 2.05 bits per heavy atom. The van der Waals surface area contributed by atoms with Crippen LogP contribution in [-0.2, 0) is 35.2 Å². The number of imidazole rings is 1. The van der Waals surface area contributed by atoms with Crippen LogP contribution >= 0.6 is 0 Å². The largest absolute Gasteiger partial charge is 0.481 e. The van der Waals surface area contributed by atoms with Gasteiger partial charge in [-0.25, -0.2) is 9.78 Å². The fraction of sp³-hybridized carbons (Fsp3) is 0.500. The lowest BCUT2D eigenvalue weighted by molar-refractivity contribution is -0.143. The number of aliphatic carboxylic acids is 2. The summed E-state index contributed by atoms with van der Waals surface area (Å²) in [6.07, 6.45) is 1.18. The number of aliphatic imine (C=N–C) groups is 1. The third-order valence-corrected chi connectivity index (χ3v) is 4.94. The number of amides is 4. The number of hydrogen-bond donors (Lipinski definition) is 10. The number of nitrogens with one attached hydrogen (secondary N) is 4. The molecule has 14 N–H and O–H groups in total. The molecule has 4 atom stereocenters. The zero-order chi connectivity index (χ0) is 28.8. The number of aromatic nitrogens is 2. The minimum Gasteiger partial charge on any atom is -0.481 e. The maximum atomic E-state index is 13.0. The highest BCUT2D eigenvalue weighted by atomic mass is 16.4. The van der Waals surface area contributed by atoms with Gasteiger partial charge in [0.05, 0.1) is 25.2 Å². The van der Waals surface area contributed by atoms with Crippen LogP contribution in [0.3, 0.4) is 0 Å². The Labute approximate surface area is 216 Å². The number of rotatable bonds is 17. The quantitative estimate of drug-likeness (QED) is 0.0505. The maximum Gasteiger partial charge on any atom is 0.326 e. The summed E-state index contributed by atoms with van der Waals surface area (Å²) in [6, 6.07) is -5.91. The van der Waals surface area contributed by atoms with Gasteiger partial charge in [0.2, 0.25) is 23.6 Å². The number of carbonyl (C=O) groups excluding carboxylic acids is 4. The van der Waals surface area contributed by atoms with Crippen LogP contribution in [0.2, 0.25) is 0 Å². The lowest BCUT2D eigenvalue weighted by Crippen LogP contribution is -2.57. The number of carboxylic acid groups (broad SMARTS) is 2. The van der Waals surface area contributed by atoms with E-state index in [2.05, 4.69) is 30.9 Å². The molecule has 0 bridgehead atoms. The highest BCUT2D eigenvalue weighted by molar-refractivity contribution is 5.96. The Kier molecular flexibility index (Phi) is 12.7. The number of nitrogens with two attached hydrogens (primary N) is 4. The molecule has 0 aliphatic rings. The first-order chi connectivity index (χ1) is 17.8. The van der Waals surface area contributed by atoms with Crippen molar-refractivity contribution in [1.82, 2.24) is 25.9 Å². The smallest absolute Gasteiger partial charge is 0.326 e. The van der Waals surface area contributed by atoms with Crippen molar-refractivity contribution in [3.63, 3.8) is 0 Å². The molecule has 0 fully saturated rings. The van der Waals surface area contributed by atoms with E-state index in [1.165, 1.54) is 12.5 Å². The van der Waals surface area contributed by atoms with Gasteiger partial charge < -0.3 is 54.1 Å². The molecule has 0 saturated heterocycles. The lowest BCUT2D eigenvalue weighted by Gasteiger charge is -2.24. The summed E-state index contributed by atoms with van der Waals surface area (Å²) in [4.78, 5) is 82.3. The number of carboxylic acids is 2. The summed E-state index contributed by atoms with van der Waals surface area (Å²) < 4.78 is 0. The van der Waals surface area contributed by atoms with Crippen molar-refractivity contribution in [3.05, 3.63) is 18.2 Å². The zero-order valence-electron chi connectivity index (χ0n) is 20.3. The highest BCUT2D eigenvalue weighted by Gasteiger charge is 2.31. The van der Waals surface area contributed by atoms with E-state index in [1.54, 1.807) is 0 Å². The zero-order valence-corrected chi connectivity index (χ0v) is 20.3. The summed E-state index contributed by atoms with van der Waals surface area (Å²) >= 11 is 0. The molecule has 0 aliphatic heterocycles. The molecule has 0 radical (unpaired) electrons. The van der Waals surface area contributed by atoms with Crippen molar-refractivity contribution < 1.29 is 39.0 Å². The van der Waals surface area contributed by atoms with E-state index in [-0.39, 0.29) is 31.8 Å². The molecule has 0 saturated carbocycles. The van der Waals surface area contributed by atoms with Crippen molar-refractivity contribution in [2.75, 3.05) is 6.54 Å². The number of nitrogens with zero attached hydrogens (tertiary/aromatic N) is 2. The van der Waals surface area contributed by atoms with Crippen LogP contribution in [-0.4, -0.2) is 92.4 Å². The van der Waals surface area contributed by atoms with Gasteiger partial charge in [-0.2, -0.15) is 0 Å². The number of carbonyl (C=O) groups is 6. The highest BCUT2D eigenvalue weighted by Crippen LogP contribution is 2.05. The van der Waals surface area contributed by atoms with Gasteiger partial charge in [0.1, 0.15) is 18.1 Å². The number of primary amides is 1. The van der Waals surface area contributed by atoms with Crippen LogP contribution in [0.25, 0.3) is 0 Å². The third kappa shape index (κ3) is 11.8. The molecular weight excluding hydrogens is 508 g/mol. The Bertz CT molecular complexity index is 1030. The third-order valence-electron chi connectivity index (χ3n) is 4.94. The molecule has 18 heteroatoms. The molecular formula is C20H32N10O8. The first-order valence-electron chi connectivity index (χ1n) is 11.2. The summed E-state index contributed by atoms with van der Waals surface area (Å²) in [6.45, 7) is 0.0652. The van der Waals surface area contributed by atoms with Crippen molar-refractivity contribution in [1.29, 1.82) is 0 Å². The van der Waals surface area contributed by atoms with Gasteiger partial charge in [0.25, 0.3) is 0 Å². The molecule has 4 amide bonds. The summed E-state index contributed by atoms with van der Waals surface area (Å²) in [7, 11) is 0. The van der Waals surface area contributed by atoms with Crippen molar-refractivity contribution in [2.24, 2.45) is 27.9 Å². The number of aromatic amines is 1. The predicted octanol–water partition coefficient (Wildman–Crippen LogP) is -4.78. The Morgan fingerprint density at radius 2 is 1.53 bits per heavy atom. The summed E-state index contributed by atoms with van der Waals surface area (Å²) in [5, 5.41) is 25.4. The second kappa shape index (κ2) is 15.4. The Balaban J connectivity index is 3.06. The van der Waals surface area contributed by atoms with E-state index < -0.39 is 72.6 Å². The van der Waals surface area contributed by atoms with E-state index in [1.807, 2.05) is 0 Å².